The SMILES string of the molecule is O=C(O)CSN[C@H](CS)C(=O)O. The second kappa shape index (κ2) is 6.15. The molecule has 0 rings (SSSR count). The van der Waals surface area contributed by atoms with E-state index < -0.39 is 18.0 Å². The summed E-state index contributed by atoms with van der Waals surface area (Å²) in [5.41, 5.74) is 0. The molecule has 3 N–H and O–H groups in total. The van der Waals surface area contributed by atoms with Gasteiger partial charge >= 0.3 is 11.9 Å². The Morgan fingerprint density at radius 1 is 1.50 bits per heavy atom. The molecular weight excluding hydrogens is 202 g/mol. The fourth-order valence-corrected chi connectivity index (χ4v) is 1.33. The lowest BCUT2D eigenvalue weighted by atomic mass is 10.4. The lowest BCUT2D eigenvalue weighted by Gasteiger charge is -2.08. The first-order valence-electron chi connectivity index (χ1n) is 3.00. The summed E-state index contributed by atoms with van der Waals surface area (Å²) in [7, 11) is 0. The lowest BCUT2D eigenvalue weighted by molar-refractivity contribution is -0.138. The average Bonchev–Trinajstić information content (AvgIpc) is 1.96. The number of aliphatic carboxylic acids is 2. The zero-order chi connectivity index (χ0) is 9.56. The molecular formula is C5H9NO4S2. The van der Waals surface area contributed by atoms with Crippen LogP contribution in [0.2, 0.25) is 0 Å². The molecule has 0 saturated carbocycles. The normalized spacial score (nSPS) is 12.4. The fourth-order valence-electron chi connectivity index (χ4n) is 0.370. The summed E-state index contributed by atoms with van der Waals surface area (Å²) in [4.78, 5) is 20.3. The Hall–Kier alpha value is -0.400. The zero-order valence-electron chi connectivity index (χ0n) is 6.06. The van der Waals surface area contributed by atoms with Gasteiger partial charge in [-0.2, -0.15) is 12.6 Å². The van der Waals surface area contributed by atoms with Crippen LogP contribution in [0.25, 0.3) is 0 Å². The minimum atomic E-state index is -1.04. The van der Waals surface area contributed by atoms with E-state index in [9.17, 15) is 9.59 Å². The second-order valence-corrected chi connectivity index (χ2v) is 3.05. The van der Waals surface area contributed by atoms with E-state index in [0.29, 0.717) is 0 Å². The Labute approximate surface area is 79.1 Å². The van der Waals surface area contributed by atoms with Gasteiger partial charge in [0.05, 0.1) is 0 Å². The molecule has 0 aromatic heterocycles. The van der Waals surface area contributed by atoms with Gasteiger partial charge in [-0.3, -0.25) is 9.59 Å². The molecule has 0 bridgehead atoms. The second-order valence-electron chi connectivity index (χ2n) is 1.87. The largest absolute Gasteiger partial charge is 0.481 e. The highest BCUT2D eigenvalue weighted by molar-refractivity contribution is 7.98. The van der Waals surface area contributed by atoms with Gasteiger partial charge in [0.25, 0.3) is 0 Å². The Morgan fingerprint density at radius 3 is 2.42 bits per heavy atom. The van der Waals surface area contributed by atoms with Gasteiger partial charge in [-0.15, -0.1) is 0 Å². The summed E-state index contributed by atoms with van der Waals surface area (Å²) in [6, 6.07) is -0.808. The Balaban J connectivity index is 3.59. The van der Waals surface area contributed by atoms with Crippen LogP contribution in [0, 0.1) is 0 Å². The Bertz CT molecular complexity index is 175. The summed E-state index contributed by atoms with van der Waals surface area (Å²) in [5, 5.41) is 16.7. The average molecular weight is 211 g/mol. The van der Waals surface area contributed by atoms with E-state index in [4.69, 9.17) is 10.2 Å². The predicted octanol–water partition coefficient (Wildman–Crippen LogP) is -0.308. The quantitative estimate of drug-likeness (QED) is 0.356. The molecule has 7 heteroatoms. The van der Waals surface area contributed by atoms with Crippen molar-refractivity contribution in [3.63, 3.8) is 0 Å². The van der Waals surface area contributed by atoms with Crippen molar-refractivity contribution < 1.29 is 19.8 Å². The molecule has 0 unspecified atom stereocenters. The van der Waals surface area contributed by atoms with Gasteiger partial charge in [0.15, 0.2) is 0 Å². The number of thiol groups is 1. The van der Waals surface area contributed by atoms with E-state index in [-0.39, 0.29) is 11.5 Å². The number of nitrogens with one attached hydrogen (secondary N) is 1. The van der Waals surface area contributed by atoms with Gasteiger partial charge in [-0.25, -0.2) is 4.72 Å². The van der Waals surface area contributed by atoms with Gasteiger partial charge in [-0.05, 0) is 0 Å². The molecule has 0 aliphatic carbocycles. The Kier molecular flexibility index (Phi) is 5.95. The van der Waals surface area contributed by atoms with E-state index in [1.54, 1.807) is 0 Å². The van der Waals surface area contributed by atoms with Crippen LogP contribution in [0.1, 0.15) is 0 Å². The topological polar surface area (TPSA) is 86.6 Å². The first-order chi connectivity index (χ1) is 5.57. The number of hydrogen-bond donors (Lipinski definition) is 4. The maximum atomic E-state index is 10.3. The van der Waals surface area contributed by atoms with Crippen LogP contribution >= 0.6 is 24.6 Å². The van der Waals surface area contributed by atoms with E-state index in [2.05, 4.69) is 17.4 Å². The van der Waals surface area contributed by atoms with Crippen molar-refractivity contribution in [2.75, 3.05) is 11.5 Å². The van der Waals surface area contributed by atoms with Gasteiger partial charge in [-0.1, -0.05) is 11.9 Å². The third-order valence-electron chi connectivity index (χ3n) is 0.902. The van der Waals surface area contributed by atoms with Gasteiger partial charge in [0.2, 0.25) is 0 Å². The number of carboxylic acid groups (broad SMARTS) is 2. The molecule has 0 heterocycles. The van der Waals surface area contributed by atoms with Crippen molar-refractivity contribution in [1.82, 2.24) is 4.72 Å². The van der Waals surface area contributed by atoms with Crippen molar-refractivity contribution in [1.29, 1.82) is 0 Å². The highest BCUT2D eigenvalue weighted by atomic mass is 32.2. The molecule has 0 aromatic carbocycles. The van der Waals surface area contributed by atoms with Crippen molar-refractivity contribution in [2.24, 2.45) is 0 Å². The number of hydrogen-bond acceptors (Lipinski definition) is 5. The summed E-state index contributed by atoms with van der Waals surface area (Å²) < 4.78 is 2.46. The minimum Gasteiger partial charge on any atom is -0.481 e. The molecule has 0 aliphatic rings. The van der Waals surface area contributed by atoms with Crippen molar-refractivity contribution in [2.45, 2.75) is 6.04 Å². The van der Waals surface area contributed by atoms with Crippen LogP contribution in [-0.4, -0.2) is 39.7 Å². The van der Waals surface area contributed by atoms with Crippen LogP contribution in [0.5, 0.6) is 0 Å². The molecule has 0 amide bonds. The number of carbonyl (C=O) groups is 2. The first kappa shape index (κ1) is 11.6. The molecule has 0 fully saturated rings. The summed E-state index contributed by atoms with van der Waals surface area (Å²) in [6.45, 7) is 0. The molecule has 0 aromatic rings. The summed E-state index contributed by atoms with van der Waals surface area (Å²) >= 11 is 4.62. The number of carboxylic acids is 2. The van der Waals surface area contributed by atoms with Crippen molar-refractivity contribution in [3.8, 4) is 0 Å². The van der Waals surface area contributed by atoms with E-state index in [1.807, 2.05) is 0 Å². The van der Waals surface area contributed by atoms with Crippen LogP contribution in [0.3, 0.4) is 0 Å². The van der Waals surface area contributed by atoms with E-state index in [1.165, 1.54) is 0 Å². The van der Waals surface area contributed by atoms with Gasteiger partial charge in [0.1, 0.15) is 11.8 Å². The van der Waals surface area contributed by atoms with Crippen LogP contribution in [0.4, 0.5) is 0 Å². The predicted molar refractivity (Wildman–Crippen MR) is 48.5 cm³/mol. The highest BCUT2D eigenvalue weighted by Crippen LogP contribution is 1.98. The maximum absolute atomic E-state index is 10.3. The molecule has 5 nitrogen and oxygen atoms in total. The van der Waals surface area contributed by atoms with Gasteiger partial charge in [0, 0.05) is 5.75 Å². The molecule has 0 aliphatic heterocycles. The van der Waals surface area contributed by atoms with E-state index in [0.717, 1.165) is 11.9 Å². The van der Waals surface area contributed by atoms with Crippen molar-refractivity contribution >= 4 is 36.5 Å². The summed E-state index contributed by atoms with van der Waals surface area (Å²) in [5.74, 6) is -2.07. The molecule has 12 heavy (non-hydrogen) atoms. The monoisotopic (exact) mass is 211 g/mol. The minimum absolute atomic E-state index is 0.127. The van der Waals surface area contributed by atoms with Crippen molar-refractivity contribution in [3.05, 3.63) is 0 Å². The first-order valence-corrected chi connectivity index (χ1v) is 4.62. The number of rotatable bonds is 6. The standard InChI is InChI=1S/C5H9NO4S2/c7-4(8)2-12-6-3(1-11)5(9)10/h3,6,11H,1-2H2,(H,7,8)(H,9,10)/t3-/m1/s1. The fraction of sp³-hybridized carbons (Fsp3) is 0.600. The summed E-state index contributed by atoms with van der Waals surface area (Å²) in [6.07, 6.45) is 0. The third-order valence-corrected chi connectivity index (χ3v) is 2.11. The van der Waals surface area contributed by atoms with E-state index >= 15 is 0 Å². The Morgan fingerprint density at radius 2 is 2.08 bits per heavy atom. The molecule has 1 atom stereocenters. The smallest absolute Gasteiger partial charge is 0.322 e. The van der Waals surface area contributed by atoms with Crippen LogP contribution in [-0.2, 0) is 9.59 Å². The molecule has 0 saturated heterocycles. The van der Waals surface area contributed by atoms with Crippen LogP contribution in [0.15, 0.2) is 0 Å². The zero-order valence-corrected chi connectivity index (χ0v) is 7.77. The third kappa shape index (κ3) is 5.28. The lowest BCUT2D eigenvalue weighted by Crippen LogP contribution is -2.34. The molecule has 70 valence electrons. The van der Waals surface area contributed by atoms with Crippen LogP contribution < -0.4 is 4.72 Å². The highest BCUT2D eigenvalue weighted by Gasteiger charge is 2.14. The molecule has 0 spiro atoms. The molecule has 0 radical (unpaired) electrons. The van der Waals surface area contributed by atoms with Gasteiger partial charge < -0.3 is 10.2 Å². The maximum Gasteiger partial charge on any atom is 0.322 e.